The molecule has 0 radical (unpaired) electrons. The average Bonchev–Trinajstić information content (AvgIpc) is 3.17. The van der Waals surface area contributed by atoms with Crippen LogP contribution in [0, 0.1) is 0 Å². The first-order chi connectivity index (χ1) is 10.3. The number of rotatable bonds is 4. The van der Waals surface area contributed by atoms with Gasteiger partial charge in [0.2, 0.25) is 0 Å². The largest absolute Gasteiger partial charge is 0.356 e. The fourth-order valence-corrected chi connectivity index (χ4v) is 4.19. The molecule has 1 aliphatic rings. The van der Waals surface area contributed by atoms with Gasteiger partial charge < -0.3 is 5.32 Å². The Labute approximate surface area is 133 Å². The van der Waals surface area contributed by atoms with Crippen molar-refractivity contribution in [3.63, 3.8) is 0 Å². The maximum absolute atomic E-state index is 4.63. The molecule has 21 heavy (non-hydrogen) atoms. The highest BCUT2D eigenvalue weighted by Gasteiger charge is 2.23. The molecule has 0 saturated heterocycles. The van der Waals surface area contributed by atoms with Crippen LogP contribution in [0.1, 0.15) is 40.6 Å². The number of thioether (sulfide) groups is 1. The number of hydrogen-bond donors (Lipinski definition) is 1. The van der Waals surface area contributed by atoms with Gasteiger partial charge in [0.1, 0.15) is 5.01 Å². The van der Waals surface area contributed by atoms with Crippen molar-refractivity contribution in [2.45, 2.75) is 31.6 Å². The molecule has 1 N–H and O–H groups in total. The zero-order chi connectivity index (χ0) is 14.7. The molecule has 0 saturated carbocycles. The minimum absolute atomic E-state index is 0.219. The Morgan fingerprint density at radius 1 is 1.33 bits per heavy atom. The fraction of sp³-hybridized carbons (Fsp3) is 0.375. The minimum atomic E-state index is 0.219. The highest BCUT2D eigenvalue weighted by molar-refractivity contribution is 8.14. The molecule has 5 heteroatoms. The molecule has 0 bridgehead atoms. The quantitative estimate of drug-likeness (QED) is 0.918. The first-order valence-corrected chi connectivity index (χ1v) is 8.93. The molecule has 1 aromatic heterocycles. The van der Waals surface area contributed by atoms with Gasteiger partial charge in [-0.3, -0.25) is 4.99 Å². The number of nitrogens with zero attached hydrogens (tertiary/aromatic N) is 2. The highest BCUT2D eigenvalue weighted by Crippen LogP contribution is 2.35. The van der Waals surface area contributed by atoms with Gasteiger partial charge in [0, 0.05) is 11.1 Å². The minimum Gasteiger partial charge on any atom is -0.356 e. The van der Waals surface area contributed by atoms with Crippen LogP contribution in [0.4, 0.5) is 0 Å². The van der Waals surface area contributed by atoms with Gasteiger partial charge in [-0.25, -0.2) is 4.98 Å². The third kappa shape index (κ3) is 3.47. The van der Waals surface area contributed by atoms with E-state index in [1.54, 1.807) is 11.3 Å². The van der Waals surface area contributed by atoms with Gasteiger partial charge in [0.05, 0.1) is 17.8 Å². The van der Waals surface area contributed by atoms with Crippen LogP contribution >= 0.6 is 23.1 Å². The van der Waals surface area contributed by atoms with Crippen molar-refractivity contribution < 1.29 is 0 Å². The Balaban J connectivity index is 1.59. The van der Waals surface area contributed by atoms with E-state index in [9.17, 15) is 0 Å². The van der Waals surface area contributed by atoms with E-state index in [4.69, 9.17) is 0 Å². The second-order valence-corrected chi connectivity index (χ2v) is 7.39. The molecule has 3 rings (SSSR count). The third-order valence-electron chi connectivity index (χ3n) is 3.46. The molecule has 0 fully saturated rings. The number of aryl methyl sites for hydroxylation is 1. The zero-order valence-corrected chi connectivity index (χ0v) is 13.9. The van der Waals surface area contributed by atoms with Crippen molar-refractivity contribution in [2.75, 3.05) is 6.54 Å². The molecular weight excluding hydrogens is 298 g/mol. The van der Waals surface area contributed by atoms with E-state index in [0.717, 1.165) is 23.1 Å². The molecule has 0 aliphatic carbocycles. The van der Waals surface area contributed by atoms with Crippen LogP contribution in [-0.2, 0) is 6.42 Å². The van der Waals surface area contributed by atoms with E-state index < -0.39 is 0 Å². The Bertz CT molecular complexity index is 621. The van der Waals surface area contributed by atoms with Crippen molar-refractivity contribution in [3.05, 3.63) is 52.0 Å². The smallest absolute Gasteiger partial charge is 0.157 e. The molecule has 2 unspecified atom stereocenters. The Morgan fingerprint density at radius 3 is 2.86 bits per heavy atom. The molecule has 0 spiro atoms. The number of benzene rings is 1. The lowest BCUT2D eigenvalue weighted by Crippen LogP contribution is -2.22. The van der Waals surface area contributed by atoms with E-state index in [1.165, 1.54) is 10.4 Å². The molecule has 0 amide bonds. The second-order valence-electron chi connectivity index (χ2n) is 5.05. The number of aromatic nitrogens is 1. The lowest BCUT2D eigenvalue weighted by Gasteiger charge is -2.13. The van der Waals surface area contributed by atoms with Crippen molar-refractivity contribution >= 4 is 28.3 Å². The van der Waals surface area contributed by atoms with Crippen LogP contribution in [-0.4, -0.2) is 16.7 Å². The first-order valence-electron chi connectivity index (χ1n) is 7.23. The molecule has 110 valence electrons. The van der Waals surface area contributed by atoms with Crippen LogP contribution in [0.15, 0.2) is 41.5 Å². The Hall–Kier alpha value is -1.33. The van der Waals surface area contributed by atoms with E-state index in [1.807, 2.05) is 18.0 Å². The van der Waals surface area contributed by atoms with Crippen molar-refractivity contribution in [2.24, 2.45) is 4.99 Å². The van der Waals surface area contributed by atoms with Gasteiger partial charge >= 0.3 is 0 Å². The van der Waals surface area contributed by atoms with Gasteiger partial charge in [-0.2, -0.15) is 0 Å². The van der Waals surface area contributed by atoms with Crippen LogP contribution < -0.4 is 5.32 Å². The maximum atomic E-state index is 4.63. The van der Waals surface area contributed by atoms with Gasteiger partial charge in [-0.15, -0.1) is 11.3 Å². The highest BCUT2D eigenvalue weighted by atomic mass is 32.2. The standard InChI is InChI=1S/C16H19N3S2/c1-3-13-9-17-15(20-13)11(2)19-16-18-10-14(21-16)12-7-5-4-6-8-12/h4-9,11,14H,3,10H2,1-2H3,(H,18,19). The summed E-state index contributed by atoms with van der Waals surface area (Å²) in [5, 5.41) is 6.10. The summed E-state index contributed by atoms with van der Waals surface area (Å²) in [6.45, 7) is 5.16. The molecule has 2 aromatic rings. The maximum Gasteiger partial charge on any atom is 0.157 e. The molecular formula is C16H19N3S2. The summed E-state index contributed by atoms with van der Waals surface area (Å²) in [4.78, 5) is 10.5. The molecule has 1 aliphatic heterocycles. The zero-order valence-electron chi connectivity index (χ0n) is 12.2. The summed E-state index contributed by atoms with van der Waals surface area (Å²) in [6, 6.07) is 10.8. The predicted octanol–water partition coefficient (Wildman–Crippen LogP) is 4.20. The van der Waals surface area contributed by atoms with E-state index in [0.29, 0.717) is 5.25 Å². The van der Waals surface area contributed by atoms with Crippen molar-refractivity contribution in [3.8, 4) is 0 Å². The number of hydrogen-bond acceptors (Lipinski definition) is 5. The van der Waals surface area contributed by atoms with E-state index in [2.05, 4.69) is 59.5 Å². The summed E-state index contributed by atoms with van der Waals surface area (Å²) in [7, 11) is 0. The summed E-state index contributed by atoms with van der Waals surface area (Å²) in [5.41, 5.74) is 1.35. The van der Waals surface area contributed by atoms with Crippen LogP contribution in [0.25, 0.3) is 0 Å². The molecule has 3 nitrogen and oxygen atoms in total. The monoisotopic (exact) mass is 317 g/mol. The number of amidine groups is 1. The van der Waals surface area contributed by atoms with Crippen molar-refractivity contribution in [1.29, 1.82) is 0 Å². The molecule has 2 heterocycles. The normalized spacial score (nSPS) is 19.3. The molecule has 2 atom stereocenters. The first kappa shape index (κ1) is 14.6. The number of thiazole rings is 1. The Kier molecular flexibility index (Phi) is 4.60. The Morgan fingerprint density at radius 2 is 2.14 bits per heavy atom. The summed E-state index contributed by atoms with van der Waals surface area (Å²) in [6.07, 6.45) is 3.03. The van der Waals surface area contributed by atoms with Gasteiger partial charge in [0.15, 0.2) is 5.17 Å². The SMILES string of the molecule is CCc1cnc(C(C)NC2=NCC(c3ccccc3)S2)s1. The third-order valence-corrected chi connectivity index (χ3v) is 5.96. The summed E-state index contributed by atoms with van der Waals surface area (Å²) >= 11 is 3.60. The van der Waals surface area contributed by atoms with Gasteiger partial charge in [-0.1, -0.05) is 49.0 Å². The van der Waals surface area contributed by atoms with Crippen LogP contribution in [0.2, 0.25) is 0 Å². The average molecular weight is 317 g/mol. The number of nitrogens with one attached hydrogen (secondary N) is 1. The second kappa shape index (κ2) is 6.62. The summed E-state index contributed by atoms with van der Waals surface area (Å²) < 4.78 is 0. The van der Waals surface area contributed by atoms with E-state index in [-0.39, 0.29) is 6.04 Å². The van der Waals surface area contributed by atoms with Crippen LogP contribution in [0.3, 0.4) is 0 Å². The van der Waals surface area contributed by atoms with Crippen molar-refractivity contribution in [1.82, 2.24) is 10.3 Å². The van der Waals surface area contributed by atoms with Crippen LogP contribution in [0.5, 0.6) is 0 Å². The van der Waals surface area contributed by atoms with Gasteiger partial charge in [0.25, 0.3) is 0 Å². The lowest BCUT2D eigenvalue weighted by molar-refractivity contribution is 0.715. The van der Waals surface area contributed by atoms with Gasteiger partial charge in [-0.05, 0) is 18.9 Å². The molecule has 1 aromatic carbocycles. The fourth-order valence-electron chi connectivity index (χ4n) is 2.23. The predicted molar refractivity (Wildman–Crippen MR) is 92.1 cm³/mol. The number of aliphatic imine (C=N–C) groups is 1. The lowest BCUT2D eigenvalue weighted by atomic mass is 10.1. The summed E-state index contributed by atoms with van der Waals surface area (Å²) in [5.74, 6) is 0. The van der Waals surface area contributed by atoms with E-state index >= 15 is 0 Å². The topological polar surface area (TPSA) is 37.3 Å².